The minimum atomic E-state index is 0.429. The molecule has 0 bridgehead atoms. The molecule has 0 amide bonds. The summed E-state index contributed by atoms with van der Waals surface area (Å²) in [4.78, 5) is 17.9. The third-order valence-electron chi connectivity index (χ3n) is 5.93. The Morgan fingerprint density at radius 2 is 1.78 bits per heavy atom. The van der Waals surface area contributed by atoms with Gasteiger partial charge in [-0.05, 0) is 47.7 Å². The molecule has 36 heavy (non-hydrogen) atoms. The normalized spacial score (nSPS) is 12.3. The molecule has 5 rings (SSSR count). The molecular weight excluding hydrogens is 452 g/mol. The first-order valence-corrected chi connectivity index (χ1v) is 12.1. The molecule has 2 N–H and O–H groups in total. The van der Waals surface area contributed by atoms with Crippen molar-refractivity contribution in [3.8, 4) is 11.6 Å². The number of nitrogens with two attached hydrogens (primary N) is 1. The van der Waals surface area contributed by atoms with E-state index < -0.39 is 0 Å². The summed E-state index contributed by atoms with van der Waals surface area (Å²) in [5, 5.41) is 0. The topological polar surface area (TPSA) is 100 Å². The summed E-state index contributed by atoms with van der Waals surface area (Å²) >= 11 is 0. The maximum Gasteiger partial charge on any atom is 0.212 e. The second-order valence-corrected chi connectivity index (χ2v) is 8.11. The van der Waals surface area contributed by atoms with E-state index in [4.69, 9.17) is 15.2 Å². The van der Waals surface area contributed by atoms with E-state index in [2.05, 4.69) is 38.1 Å². The molecule has 186 valence electrons. The van der Waals surface area contributed by atoms with Crippen molar-refractivity contribution in [2.24, 2.45) is 4.99 Å². The molecule has 1 aromatic carbocycles. The van der Waals surface area contributed by atoms with Crippen molar-refractivity contribution in [2.45, 2.75) is 33.2 Å². The molecule has 4 aromatic rings. The third-order valence-corrected chi connectivity index (χ3v) is 5.93. The molecule has 0 aliphatic carbocycles. The molecule has 0 saturated carbocycles. The van der Waals surface area contributed by atoms with Gasteiger partial charge in [0.25, 0.3) is 0 Å². The average molecular weight is 485 g/mol. The Morgan fingerprint density at radius 1 is 0.944 bits per heavy atom. The van der Waals surface area contributed by atoms with Crippen LogP contribution in [0.1, 0.15) is 36.1 Å². The Balaban J connectivity index is 0.00000148. The van der Waals surface area contributed by atoms with Gasteiger partial charge in [-0.25, -0.2) is 15.0 Å². The minimum absolute atomic E-state index is 0.429. The Hall–Kier alpha value is -4.20. The molecule has 0 fully saturated rings. The predicted octanol–water partition coefficient (Wildman–Crippen LogP) is 4.64. The number of aliphatic imine (C=N–C) groups is 1. The number of nitrogen functional groups attached to an aromatic ring is 1. The van der Waals surface area contributed by atoms with Gasteiger partial charge in [-0.2, -0.15) is 0 Å². The van der Waals surface area contributed by atoms with Crippen molar-refractivity contribution in [1.29, 1.82) is 0 Å². The van der Waals surface area contributed by atoms with Gasteiger partial charge < -0.3 is 15.2 Å². The van der Waals surface area contributed by atoms with Crippen LogP contribution in [0.25, 0.3) is 11.2 Å². The van der Waals surface area contributed by atoms with Gasteiger partial charge in [-0.1, -0.05) is 38.1 Å². The number of methoxy groups -OCH3 is 2. The highest BCUT2D eigenvalue weighted by Gasteiger charge is 2.14. The zero-order valence-corrected chi connectivity index (χ0v) is 21.2. The number of rotatable bonds is 8. The molecule has 8 heteroatoms. The van der Waals surface area contributed by atoms with E-state index in [1.54, 1.807) is 14.2 Å². The van der Waals surface area contributed by atoms with Crippen LogP contribution >= 0.6 is 0 Å². The van der Waals surface area contributed by atoms with Crippen molar-refractivity contribution in [1.82, 2.24) is 19.5 Å². The molecule has 3 aromatic heterocycles. The summed E-state index contributed by atoms with van der Waals surface area (Å²) < 4.78 is 12.7. The summed E-state index contributed by atoms with van der Waals surface area (Å²) in [5.74, 6) is 1.90. The minimum Gasteiger partial charge on any atom is -0.496 e. The zero-order chi connectivity index (χ0) is 25.5. The van der Waals surface area contributed by atoms with Gasteiger partial charge in [-0.15, -0.1) is 0 Å². The maximum atomic E-state index is 6.26. The van der Waals surface area contributed by atoms with Crippen LogP contribution in [0.15, 0.2) is 65.9 Å². The fraction of sp³-hybridized carbons (Fsp3) is 0.286. The van der Waals surface area contributed by atoms with Gasteiger partial charge >= 0.3 is 0 Å². The number of allylic oxidation sites excluding steroid dienone is 1. The molecule has 0 unspecified atom stereocenters. The first kappa shape index (κ1) is 24.9. The molecule has 0 spiro atoms. The number of imidazole rings is 1. The van der Waals surface area contributed by atoms with E-state index in [0.29, 0.717) is 24.9 Å². The molecule has 4 heterocycles. The van der Waals surface area contributed by atoms with Crippen LogP contribution < -0.4 is 15.2 Å². The van der Waals surface area contributed by atoms with Crippen LogP contribution in [0.5, 0.6) is 11.6 Å². The van der Waals surface area contributed by atoms with Gasteiger partial charge in [0.15, 0.2) is 5.65 Å². The van der Waals surface area contributed by atoms with E-state index in [0.717, 1.165) is 57.7 Å². The molecule has 0 atom stereocenters. The summed E-state index contributed by atoms with van der Waals surface area (Å²) in [6.07, 6.45) is 9.40. The molecule has 8 nitrogen and oxygen atoms in total. The Bertz CT molecular complexity index is 1390. The van der Waals surface area contributed by atoms with Gasteiger partial charge in [-0.3, -0.25) is 9.56 Å². The van der Waals surface area contributed by atoms with Crippen LogP contribution in [0.3, 0.4) is 0 Å². The number of hydrogen-bond donors (Lipinski definition) is 1. The van der Waals surface area contributed by atoms with Crippen LogP contribution in [0, 0.1) is 0 Å². The average Bonchev–Trinajstić information content (AvgIpc) is 3.57. The number of aromatic nitrogens is 4. The quantitative estimate of drug-likeness (QED) is 0.391. The molecule has 1 aliphatic heterocycles. The van der Waals surface area contributed by atoms with Crippen LogP contribution in [0.2, 0.25) is 0 Å². The van der Waals surface area contributed by atoms with Gasteiger partial charge in [0, 0.05) is 24.0 Å². The van der Waals surface area contributed by atoms with Crippen molar-refractivity contribution in [3.05, 3.63) is 83.2 Å². The highest BCUT2D eigenvalue weighted by atomic mass is 16.5. The lowest BCUT2D eigenvalue weighted by molar-refractivity contribution is 0.397. The number of pyridine rings is 2. The van der Waals surface area contributed by atoms with Crippen molar-refractivity contribution in [3.63, 3.8) is 0 Å². The first-order valence-electron chi connectivity index (χ1n) is 12.1. The highest BCUT2D eigenvalue weighted by molar-refractivity contribution is 6.10. The third kappa shape index (κ3) is 5.38. The summed E-state index contributed by atoms with van der Waals surface area (Å²) in [6.45, 7) is 5.26. The molecule has 0 radical (unpaired) electrons. The van der Waals surface area contributed by atoms with Gasteiger partial charge in [0.05, 0.1) is 33.0 Å². The highest BCUT2D eigenvalue weighted by Crippen LogP contribution is 2.25. The fourth-order valence-electron chi connectivity index (χ4n) is 4.11. The Kier molecular flexibility index (Phi) is 7.95. The second kappa shape index (κ2) is 11.5. The number of benzene rings is 1. The smallest absolute Gasteiger partial charge is 0.212 e. The van der Waals surface area contributed by atoms with Crippen LogP contribution in [-0.4, -0.2) is 46.0 Å². The van der Waals surface area contributed by atoms with E-state index >= 15 is 0 Å². The van der Waals surface area contributed by atoms with Crippen LogP contribution in [0.4, 0.5) is 5.95 Å². The Labute approximate surface area is 211 Å². The first-order chi connectivity index (χ1) is 17.6. The summed E-state index contributed by atoms with van der Waals surface area (Å²) in [7, 11) is 3.31. The predicted molar refractivity (Wildman–Crippen MR) is 144 cm³/mol. The van der Waals surface area contributed by atoms with Gasteiger partial charge in [0.1, 0.15) is 11.3 Å². The van der Waals surface area contributed by atoms with Gasteiger partial charge in [0.2, 0.25) is 11.8 Å². The zero-order valence-electron chi connectivity index (χ0n) is 21.2. The molecule has 1 aliphatic rings. The van der Waals surface area contributed by atoms with Crippen molar-refractivity contribution in [2.75, 3.05) is 26.5 Å². The number of ether oxygens (including phenoxy) is 2. The maximum absolute atomic E-state index is 6.26. The summed E-state index contributed by atoms with van der Waals surface area (Å²) in [5.41, 5.74) is 13.0. The van der Waals surface area contributed by atoms with Crippen LogP contribution in [-0.2, 0) is 19.4 Å². The number of fused-ring (bicyclic) bond motifs is 1. The lowest BCUT2D eigenvalue weighted by Crippen LogP contribution is -2.06. The largest absolute Gasteiger partial charge is 0.496 e. The number of nitrogens with zero attached hydrogens (tertiary/aromatic N) is 5. The van der Waals surface area contributed by atoms with E-state index in [1.165, 1.54) is 0 Å². The van der Waals surface area contributed by atoms with E-state index in [-0.39, 0.29) is 0 Å². The summed E-state index contributed by atoms with van der Waals surface area (Å²) in [6, 6.07) is 12.2. The van der Waals surface area contributed by atoms with Crippen molar-refractivity contribution < 1.29 is 9.47 Å². The number of hydrogen-bond acceptors (Lipinski definition) is 7. The fourth-order valence-corrected chi connectivity index (χ4v) is 4.11. The molecule has 0 saturated heterocycles. The lowest BCUT2D eigenvalue weighted by Gasteiger charge is -2.12. The van der Waals surface area contributed by atoms with E-state index in [9.17, 15) is 0 Å². The second-order valence-electron chi connectivity index (χ2n) is 8.11. The lowest BCUT2D eigenvalue weighted by atomic mass is 10.0. The monoisotopic (exact) mass is 484 g/mol. The number of anilines is 1. The van der Waals surface area contributed by atoms with Crippen molar-refractivity contribution >= 4 is 22.8 Å². The number of aryl methyl sites for hydroxylation is 2. The van der Waals surface area contributed by atoms with E-state index in [1.807, 2.05) is 61.2 Å². The Morgan fingerprint density at radius 3 is 2.47 bits per heavy atom. The standard InChI is InChI=1S/C26H26N6O2.C2H6/c1-33-23-12-18(6-9-19(23)8-5-17-7-10-24(34-2)29-14-17)16-32-25-22(31-26(32)27)13-20(15-30-25)21-4-3-11-28-21;1-2/h3-4,6-7,9-10,12-15H,5,8,11,16H2,1-2H3,(H2,27,31);1-2H3. The SMILES string of the molecule is CC.COc1ccc(CCc2ccc(Cn3c(N)nc4cc(C5=NCC=C5)cnc43)cc2OC)cn1. The molecular formula is C28H32N6O2.